The van der Waals surface area contributed by atoms with Crippen molar-refractivity contribution in [2.45, 2.75) is 68.1 Å². The summed E-state index contributed by atoms with van der Waals surface area (Å²) in [5, 5.41) is 19.4. The lowest BCUT2D eigenvalue weighted by Crippen LogP contribution is -2.04. The van der Waals surface area contributed by atoms with E-state index in [0.717, 1.165) is 32.1 Å². The van der Waals surface area contributed by atoms with Gasteiger partial charge in [0.1, 0.15) is 6.61 Å². The van der Waals surface area contributed by atoms with E-state index >= 15 is 0 Å². The van der Waals surface area contributed by atoms with Gasteiger partial charge in [0.2, 0.25) is 0 Å². The molecule has 0 aromatic carbocycles. The summed E-state index contributed by atoms with van der Waals surface area (Å²) in [5.41, 5.74) is 0.259. The van der Waals surface area contributed by atoms with Crippen LogP contribution in [0.4, 0.5) is 0 Å². The van der Waals surface area contributed by atoms with Crippen LogP contribution < -0.4 is 0 Å². The Morgan fingerprint density at radius 2 is 1.53 bits per heavy atom. The highest BCUT2D eigenvalue weighted by atomic mass is 31.1. The minimum Gasteiger partial charge on any atom is -0.351 e. The van der Waals surface area contributed by atoms with Gasteiger partial charge < -0.3 is 14.9 Å². The van der Waals surface area contributed by atoms with Crippen LogP contribution in [-0.2, 0) is 13.9 Å². The van der Waals surface area contributed by atoms with Crippen molar-refractivity contribution < 1.29 is 24.1 Å². The molecule has 0 aromatic rings. The SMILES string of the molecule is O=[P+](C(O)CCCCCC(O)[P+](=O)C1CO1)C1CC1. The number of epoxide rings is 1. The van der Waals surface area contributed by atoms with E-state index in [9.17, 15) is 19.3 Å². The summed E-state index contributed by atoms with van der Waals surface area (Å²) >= 11 is 0. The van der Waals surface area contributed by atoms with Gasteiger partial charge in [0.05, 0.1) is 0 Å². The monoisotopic (exact) mass is 308 g/mol. The Balaban J connectivity index is 1.49. The molecule has 1 aliphatic carbocycles. The minimum absolute atomic E-state index is 0.227. The molecule has 1 saturated carbocycles. The largest absolute Gasteiger partial charge is 0.404 e. The van der Waals surface area contributed by atoms with Gasteiger partial charge in [-0.2, -0.15) is 0 Å². The first-order valence-corrected chi connectivity index (χ1v) is 9.78. The summed E-state index contributed by atoms with van der Waals surface area (Å²) in [7, 11) is -3.09. The Hall–Kier alpha value is 0.0800. The minimum atomic E-state index is -1.65. The lowest BCUT2D eigenvalue weighted by atomic mass is 10.1. The Morgan fingerprint density at radius 1 is 1.00 bits per heavy atom. The predicted octanol–water partition coefficient (Wildman–Crippen LogP) is 2.75. The number of aliphatic hydroxyl groups is 2. The highest BCUT2D eigenvalue weighted by Gasteiger charge is 2.47. The number of hydrogen-bond donors (Lipinski definition) is 2. The van der Waals surface area contributed by atoms with Crippen molar-refractivity contribution in [3.63, 3.8) is 0 Å². The molecular weight excluding hydrogens is 286 g/mol. The maximum Gasteiger partial charge on any atom is 0.404 e. The number of ether oxygens (including phenoxy) is 1. The Morgan fingerprint density at radius 3 is 2.00 bits per heavy atom. The van der Waals surface area contributed by atoms with Crippen molar-refractivity contribution in [1.29, 1.82) is 0 Å². The molecule has 5 unspecified atom stereocenters. The summed E-state index contributed by atoms with van der Waals surface area (Å²) in [6.45, 7) is 0.507. The molecule has 7 heteroatoms. The second-order valence-corrected chi connectivity index (χ2v) is 9.28. The molecule has 108 valence electrons. The van der Waals surface area contributed by atoms with E-state index in [1.54, 1.807) is 0 Å². The Labute approximate surface area is 115 Å². The third-order valence-electron chi connectivity index (χ3n) is 3.52. The highest BCUT2D eigenvalue weighted by Crippen LogP contribution is 2.48. The molecule has 5 atom stereocenters. The van der Waals surface area contributed by atoms with E-state index in [1.165, 1.54) is 0 Å². The molecule has 1 saturated heterocycles. The summed E-state index contributed by atoms with van der Waals surface area (Å²) in [6, 6.07) is 0. The topological polar surface area (TPSA) is 87.1 Å². The second kappa shape index (κ2) is 7.19. The predicted molar refractivity (Wildman–Crippen MR) is 73.1 cm³/mol. The number of rotatable bonds is 10. The first kappa shape index (κ1) is 15.5. The average Bonchev–Trinajstić information content (AvgIpc) is 3.28. The fraction of sp³-hybridized carbons (Fsp3) is 1.00. The molecule has 2 N–H and O–H groups in total. The first-order valence-electron chi connectivity index (χ1n) is 6.98. The fourth-order valence-electron chi connectivity index (χ4n) is 2.04. The number of aliphatic hydroxyl groups excluding tert-OH is 2. The van der Waals surface area contributed by atoms with Gasteiger partial charge in [0.15, 0.2) is 5.66 Å². The standard InChI is InChI=1S/C12H22O5P2/c13-10(18(15)9-6-7-9)4-2-1-3-5-11(14)19(16)12-8-17-12/h9-14H,1-8H2/q+2. The molecule has 1 aliphatic heterocycles. The fourth-order valence-corrected chi connectivity index (χ4v) is 4.82. The zero-order valence-electron chi connectivity index (χ0n) is 11.0. The third-order valence-corrected chi connectivity index (χ3v) is 7.31. The van der Waals surface area contributed by atoms with Crippen molar-refractivity contribution in [1.82, 2.24) is 0 Å². The maximum atomic E-state index is 11.7. The van der Waals surface area contributed by atoms with Crippen molar-refractivity contribution in [3.05, 3.63) is 0 Å². The zero-order chi connectivity index (χ0) is 13.8. The van der Waals surface area contributed by atoms with E-state index < -0.39 is 27.3 Å². The summed E-state index contributed by atoms with van der Waals surface area (Å²) in [6.07, 6.45) is 5.51. The van der Waals surface area contributed by atoms with Gasteiger partial charge in [-0.3, -0.25) is 0 Å². The van der Waals surface area contributed by atoms with Crippen LogP contribution >= 0.6 is 15.6 Å². The Bertz CT molecular complexity index is 309. The van der Waals surface area contributed by atoms with Crippen LogP contribution in [0, 0.1) is 0 Å². The van der Waals surface area contributed by atoms with Crippen LogP contribution in [-0.4, -0.2) is 40.0 Å². The molecule has 2 rings (SSSR count). The molecule has 19 heavy (non-hydrogen) atoms. The van der Waals surface area contributed by atoms with Crippen LogP contribution in [0.15, 0.2) is 0 Å². The van der Waals surface area contributed by atoms with Crippen LogP contribution in [0.1, 0.15) is 44.9 Å². The van der Waals surface area contributed by atoms with Crippen molar-refractivity contribution >= 4 is 15.6 Å². The molecule has 2 fully saturated rings. The summed E-state index contributed by atoms with van der Waals surface area (Å²) in [4.78, 5) is 0. The van der Waals surface area contributed by atoms with Crippen LogP contribution in [0.2, 0.25) is 0 Å². The van der Waals surface area contributed by atoms with E-state index in [-0.39, 0.29) is 11.5 Å². The number of hydrogen-bond acceptors (Lipinski definition) is 5. The van der Waals surface area contributed by atoms with Gasteiger partial charge in [-0.1, -0.05) is 15.6 Å². The molecular formula is C12H22O5P2+2. The van der Waals surface area contributed by atoms with Crippen LogP contribution in [0.5, 0.6) is 0 Å². The van der Waals surface area contributed by atoms with Gasteiger partial charge in [-0.25, -0.2) is 0 Å². The van der Waals surface area contributed by atoms with Crippen molar-refractivity contribution in [3.8, 4) is 0 Å². The van der Waals surface area contributed by atoms with Gasteiger partial charge in [0, 0.05) is 12.8 Å². The molecule has 0 radical (unpaired) electrons. The second-order valence-electron chi connectivity index (χ2n) is 5.34. The molecule has 1 heterocycles. The molecule has 5 nitrogen and oxygen atoms in total. The Kier molecular flexibility index (Phi) is 5.86. The van der Waals surface area contributed by atoms with Crippen molar-refractivity contribution in [2.24, 2.45) is 0 Å². The van der Waals surface area contributed by atoms with E-state index in [4.69, 9.17) is 4.74 Å². The summed E-state index contributed by atoms with van der Waals surface area (Å²) in [5.74, 6) is -1.66. The van der Waals surface area contributed by atoms with Crippen LogP contribution in [0.25, 0.3) is 0 Å². The molecule has 2 aliphatic rings. The summed E-state index contributed by atoms with van der Waals surface area (Å²) < 4.78 is 28.1. The van der Waals surface area contributed by atoms with E-state index in [2.05, 4.69) is 0 Å². The third kappa shape index (κ3) is 5.17. The lowest BCUT2D eigenvalue weighted by molar-refractivity contribution is 0.225. The molecule has 0 aromatic heterocycles. The maximum absolute atomic E-state index is 11.7. The highest BCUT2D eigenvalue weighted by molar-refractivity contribution is 7.46. The van der Waals surface area contributed by atoms with E-state index in [1.807, 2.05) is 0 Å². The number of unbranched alkanes of at least 4 members (excludes halogenated alkanes) is 2. The van der Waals surface area contributed by atoms with Crippen molar-refractivity contribution in [2.75, 3.05) is 6.61 Å². The molecule has 0 amide bonds. The van der Waals surface area contributed by atoms with E-state index in [0.29, 0.717) is 19.4 Å². The van der Waals surface area contributed by atoms with Crippen LogP contribution in [0.3, 0.4) is 0 Å². The first-order chi connectivity index (χ1) is 9.09. The lowest BCUT2D eigenvalue weighted by Gasteiger charge is -2.02. The van der Waals surface area contributed by atoms with Gasteiger partial charge >= 0.3 is 15.6 Å². The average molecular weight is 308 g/mol. The zero-order valence-corrected chi connectivity index (χ0v) is 12.8. The normalized spacial score (nSPS) is 26.7. The van der Waals surface area contributed by atoms with Gasteiger partial charge in [-0.05, 0) is 25.7 Å². The van der Waals surface area contributed by atoms with Gasteiger partial charge in [-0.15, -0.1) is 0 Å². The quantitative estimate of drug-likeness (QED) is 0.368. The molecule has 0 spiro atoms. The molecule has 0 bridgehead atoms. The van der Waals surface area contributed by atoms with Gasteiger partial charge in [0.25, 0.3) is 17.5 Å². The smallest absolute Gasteiger partial charge is 0.351 e.